The molecule has 0 amide bonds. The lowest BCUT2D eigenvalue weighted by atomic mass is 10.0. The molecule has 3 aromatic heterocycles. The van der Waals surface area contributed by atoms with Crippen LogP contribution >= 0.6 is 7.92 Å². The molecule has 0 spiro atoms. The zero-order valence-electron chi connectivity index (χ0n) is 23.8. The van der Waals surface area contributed by atoms with E-state index in [0.29, 0.717) is 12.6 Å². The molecule has 41 heavy (non-hydrogen) atoms. The Kier molecular flexibility index (Phi) is 6.60. The van der Waals surface area contributed by atoms with Crippen molar-refractivity contribution < 1.29 is 4.74 Å². The second-order valence-electron chi connectivity index (χ2n) is 11.0. The van der Waals surface area contributed by atoms with Crippen molar-refractivity contribution in [3.8, 4) is 5.75 Å². The molecule has 0 atom stereocenters. The zero-order valence-corrected chi connectivity index (χ0v) is 24.7. The van der Waals surface area contributed by atoms with Gasteiger partial charge in [0.25, 0.3) is 0 Å². The van der Waals surface area contributed by atoms with Crippen molar-refractivity contribution in [1.82, 2.24) is 29.8 Å². The van der Waals surface area contributed by atoms with Gasteiger partial charge in [-0.25, -0.2) is 0 Å². The maximum Gasteiger partial charge on any atom is 0.231 e. The van der Waals surface area contributed by atoms with Crippen LogP contribution in [0.25, 0.3) is 22.1 Å². The van der Waals surface area contributed by atoms with Crippen molar-refractivity contribution in [2.45, 2.75) is 13.3 Å². The van der Waals surface area contributed by atoms with Crippen molar-refractivity contribution in [2.24, 2.45) is 0 Å². The third-order valence-corrected chi connectivity index (χ3v) is 9.28. The zero-order chi connectivity index (χ0) is 28.1. The highest BCUT2D eigenvalue weighted by molar-refractivity contribution is 7.65. The third kappa shape index (κ3) is 4.71. The van der Waals surface area contributed by atoms with Gasteiger partial charge in [-0.1, -0.05) is 7.92 Å². The predicted octanol–water partition coefficient (Wildman–Crippen LogP) is 4.75. The number of anilines is 5. The fourth-order valence-electron chi connectivity index (χ4n) is 5.99. The van der Waals surface area contributed by atoms with Crippen LogP contribution in [-0.2, 0) is 6.42 Å². The van der Waals surface area contributed by atoms with Gasteiger partial charge < -0.3 is 30.2 Å². The summed E-state index contributed by atoms with van der Waals surface area (Å²) in [6.07, 6.45) is 6.28. The van der Waals surface area contributed by atoms with Crippen LogP contribution in [0.3, 0.4) is 0 Å². The molecule has 0 radical (unpaired) electrons. The summed E-state index contributed by atoms with van der Waals surface area (Å²) in [5, 5.41) is 9.21. The Morgan fingerprint density at radius 2 is 1.80 bits per heavy atom. The molecule has 0 bridgehead atoms. The summed E-state index contributed by atoms with van der Waals surface area (Å²) in [6, 6.07) is 8.25. The highest BCUT2D eigenvalue weighted by atomic mass is 31.1. The Morgan fingerprint density at radius 3 is 2.63 bits per heavy atom. The first kappa shape index (κ1) is 25.9. The Hall–Kier alpha value is -4.01. The molecule has 2 aliphatic rings. The van der Waals surface area contributed by atoms with Gasteiger partial charge in [-0.05, 0) is 57.1 Å². The molecule has 3 N–H and O–H groups in total. The molecule has 210 valence electrons. The van der Waals surface area contributed by atoms with Gasteiger partial charge in [0.1, 0.15) is 17.2 Å². The van der Waals surface area contributed by atoms with Crippen molar-refractivity contribution in [3.63, 3.8) is 0 Å². The van der Waals surface area contributed by atoms with Crippen LogP contribution in [0, 0.1) is 6.92 Å². The van der Waals surface area contributed by atoms with Gasteiger partial charge in [0, 0.05) is 73.4 Å². The Bertz CT molecular complexity index is 1760. The van der Waals surface area contributed by atoms with Gasteiger partial charge in [-0.3, -0.25) is 9.97 Å². The summed E-state index contributed by atoms with van der Waals surface area (Å²) < 4.78 is 6.20. The van der Waals surface area contributed by atoms with E-state index in [0.717, 1.165) is 77.6 Å². The van der Waals surface area contributed by atoms with Crippen molar-refractivity contribution in [1.29, 1.82) is 0 Å². The number of piperazine rings is 1. The van der Waals surface area contributed by atoms with E-state index < -0.39 is 7.92 Å². The standard InChI is InChI=1S/C30H34N9OP/c1-18-17-23(26-19(8-16-40-26)25(18)39-14-12-38(2)13-15-39)35-30-36-28-20(7-9-33-28)29(37-30)34-22-6-5-21-24(27(22)41(3)4)32-11-10-31-21/h5-7,9-11,17H,8,12-16H2,1-4H3,(H3,33,34,35,36,37). The minimum Gasteiger partial charge on any atom is -0.491 e. The van der Waals surface area contributed by atoms with Crippen LogP contribution in [0.4, 0.5) is 28.8 Å². The number of aryl methyl sites for hydroxylation is 1. The van der Waals surface area contributed by atoms with Gasteiger partial charge in [0.15, 0.2) is 0 Å². The third-order valence-electron chi connectivity index (χ3n) is 7.93. The van der Waals surface area contributed by atoms with Crippen molar-refractivity contribution >= 4 is 64.1 Å². The quantitative estimate of drug-likeness (QED) is 0.251. The Morgan fingerprint density at radius 1 is 0.976 bits per heavy atom. The number of aromatic nitrogens is 5. The van der Waals surface area contributed by atoms with Gasteiger partial charge in [-0.2, -0.15) is 9.97 Å². The smallest absolute Gasteiger partial charge is 0.231 e. The molecule has 0 saturated carbocycles. The molecule has 1 saturated heterocycles. The van der Waals surface area contributed by atoms with Crippen LogP contribution in [0.2, 0.25) is 0 Å². The van der Waals surface area contributed by atoms with Crippen LogP contribution < -0.4 is 25.6 Å². The van der Waals surface area contributed by atoms with Crippen molar-refractivity contribution in [2.75, 3.05) is 68.7 Å². The van der Waals surface area contributed by atoms with E-state index in [9.17, 15) is 0 Å². The molecule has 5 aromatic rings. The second kappa shape index (κ2) is 10.4. The van der Waals surface area contributed by atoms with E-state index in [1.54, 1.807) is 12.4 Å². The minimum absolute atomic E-state index is 0.465. The van der Waals surface area contributed by atoms with E-state index in [2.05, 4.69) is 74.8 Å². The number of fused-ring (bicyclic) bond motifs is 3. The van der Waals surface area contributed by atoms with Crippen LogP contribution in [-0.4, -0.2) is 83.0 Å². The number of aromatic amines is 1. The molecule has 1 fully saturated rings. The van der Waals surface area contributed by atoms with Crippen LogP contribution in [0.1, 0.15) is 11.1 Å². The predicted molar refractivity (Wildman–Crippen MR) is 168 cm³/mol. The number of nitrogens with one attached hydrogen (secondary N) is 3. The number of ether oxygens (including phenoxy) is 1. The lowest BCUT2D eigenvalue weighted by Crippen LogP contribution is -2.45. The number of nitrogens with zero attached hydrogens (tertiary/aromatic N) is 6. The molecular formula is C30H34N9OP. The van der Waals surface area contributed by atoms with E-state index in [1.165, 1.54) is 22.1 Å². The first-order valence-electron chi connectivity index (χ1n) is 14.0. The Balaban J connectivity index is 1.26. The molecule has 7 rings (SSSR count). The summed E-state index contributed by atoms with van der Waals surface area (Å²) >= 11 is 0. The number of H-pyrrole nitrogens is 1. The second-order valence-corrected chi connectivity index (χ2v) is 13.2. The monoisotopic (exact) mass is 567 g/mol. The maximum absolute atomic E-state index is 6.20. The van der Waals surface area contributed by atoms with Crippen LogP contribution in [0.15, 0.2) is 42.9 Å². The Labute approximate surface area is 240 Å². The molecular weight excluding hydrogens is 533 g/mol. The fourth-order valence-corrected chi connectivity index (χ4v) is 7.20. The summed E-state index contributed by atoms with van der Waals surface area (Å²) in [6.45, 7) is 11.5. The molecule has 11 heteroatoms. The first-order chi connectivity index (χ1) is 20.0. The summed E-state index contributed by atoms with van der Waals surface area (Å²) in [5.74, 6) is 2.14. The number of hydrogen-bond donors (Lipinski definition) is 3. The highest BCUT2D eigenvalue weighted by Gasteiger charge is 2.27. The van der Waals surface area contributed by atoms with Crippen LogP contribution in [0.5, 0.6) is 5.75 Å². The molecule has 2 aliphatic heterocycles. The average Bonchev–Trinajstić information content (AvgIpc) is 3.64. The normalized spacial score (nSPS) is 15.5. The van der Waals surface area contributed by atoms with E-state index >= 15 is 0 Å². The molecule has 10 nitrogen and oxygen atoms in total. The number of rotatable bonds is 6. The maximum atomic E-state index is 6.20. The van der Waals surface area contributed by atoms with Gasteiger partial charge in [0.2, 0.25) is 5.95 Å². The summed E-state index contributed by atoms with van der Waals surface area (Å²) in [7, 11) is 1.72. The number of benzene rings is 2. The minimum atomic E-state index is -0.465. The van der Waals surface area contributed by atoms with Crippen molar-refractivity contribution in [3.05, 3.63) is 54.0 Å². The largest absolute Gasteiger partial charge is 0.491 e. The fraction of sp³-hybridized carbons (Fsp3) is 0.333. The van der Waals surface area contributed by atoms with Gasteiger partial charge in [0.05, 0.1) is 28.7 Å². The topological polar surface area (TPSA) is 107 Å². The molecule has 0 unspecified atom stereocenters. The lowest BCUT2D eigenvalue weighted by molar-refractivity contribution is 0.312. The lowest BCUT2D eigenvalue weighted by Gasteiger charge is -2.36. The van der Waals surface area contributed by atoms with E-state index in [1.807, 2.05) is 18.3 Å². The molecule has 2 aromatic carbocycles. The SMILES string of the molecule is Cc1cc(Nc2nc(Nc3ccc4nccnc4c3P(C)C)c3cc[nH]c3n2)c2c(c1N1CCN(C)CC1)CCO2. The molecule has 0 aliphatic carbocycles. The van der Waals surface area contributed by atoms with E-state index in [-0.39, 0.29) is 0 Å². The summed E-state index contributed by atoms with van der Waals surface area (Å²) in [5.41, 5.74) is 8.29. The summed E-state index contributed by atoms with van der Waals surface area (Å²) in [4.78, 5) is 27.1. The number of likely N-dealkylation sites (N-methyl/N-ethyl adjacent to an activating group) is 1. The van der Waals surface area contributed by atoms with Gasteiger partial charge in [-0.15, -0.1) is 0 Å². The van der Waals surface area contributed by atoms with E-state index in [4.69, 9.17) is 14.7 Å². The average molecular weight is 568 g/mol. The number of hydrogen-bond acceptors (Lipinski definition) is 9. The first-order valence-corrected chi connectivity index (χ1v) is 16.2. The molecule has 5 heterocycles. The van der Waals surface area contributed by atoms with Gasteiger partial charge >= 0.3 is 0 Å². The highest BCUT2D eigenvalue weighted by Crippen LogP contribution is 2.44.